The van der Waals surface area contributed by atoms with Gasteiger partial charge in [0, 0.05) is 35.2 Å². The third kappa shape index (κ3) is 1.98. The maximum Gasteiger partial charge on any atom is 0.227 e. The van der Waals surface area contributed by atoms with Crippen molar-refractivity contribution in [3.63, 3.8) is 0 Å². The molecule has 2 N–H and O–H groups in total. The van der Waals surface area contributed by atoms with E-state index in [4.69, 9.17) is 11.6 Å². The van der Waals surface area contributed by atoms with Crippen LogP contribution in [0.25, 0.3) is 10.9 Å². The minimum atomic E-state index is -0.351. The summed E-state index contributed by atoms with van der Waals surface area (Å²) in [4.78, 5) is 16.7. The van der Waals surface area contributed by atoms with Gasteiger partial charge in [-0.15, -0.1) is 0 Å². The van der Waals surface area contributed by atoms with Crippen LogP contribution in [0, 0.1) is 0 Å². The Morgan fingerprint density at radius 2 is 2.28 bits per heavy atom. The molecule has 5 heteroatoms. The summed E-state index contributed by atoms with van der Waals surface area (Å²) in [7, 11) is 0. The molecule has 1 aromatic carbocycles. The van der Waals surface area contributed by atoms with Crippen LogP contribution in [0.3, 0.4) is 0 Å². The van der Waals surface area contributed by atoms with E-state index in [9.17, 15) is 9.90 Å². The Balaban J connectivity index is 1.80. The number of hydrogen-bond donors (Lipinski definition) is 2. The smallest absolute Gasteiger partial charge is 0.227 e. The lowest BCUT2D eigenvalue weighted by Crippen LogP contribution is -2.53. The first kappa shape index (κ1) is 11.6. The van der Waals surface area contributed by atoms with Gasteiger partial charge in [0.15, 0.2) is 0 Å². The van der Waals surface area contributed by atoms with Crippen LogP contribution < -0.4 is 0 Å². The fourth-order valence-electron chi connectivity index (χ4n) is 2.24. The number of halogens is 1. The van der Waals surface area contributed by atoms with E-state index in [1.165, 1.54) is 0 Å². The maximum atomic E-state index is 11.9. The summed E-state index contributed by atoms with van der Waals surface area (Å²) in [6.45, 7) is 0.903. The average Bonchev–Trinajstić information content (AvgIpc) is 2.67. The zero-order valence-electron chi connectivity index (χ0n) is 9.69. The van der Waals surface area contributed by atoms with E-state index in [2.05, 4.69) is 4.98 Å². The third-order valence-electron chi connectivity index (χ3n) is 3.29. The molecule has 3 rings (SSSR count). The molecule has 0 bridgehead atoms. The molecule has 2 heterocycles. The first-order valence-electron chi connectivity index (χ1n) is 5.85. The zero-order valence-corrected chi connectivity index (χ0v) is 10.4. The molecule has 1 aliphatic heterocycles. The molecule has 0 radical (unpaired) electrons. The molecular formula is C13H13ClN2O2. The summed E-state index contributed by atoms with van der Waals surface area (Å²) >= 11 is 5.91. The highest BCUT2D eigenvalue weighted by Crippen LogP contribution is 2.23. The molecule has 1 aromatic heterocycles. The number of β-amino-alcohol motifs (C(OH)–C–C–N with tert-alkyl or cyclic N) is 1. The van der Waals surface area contributed by atoms with Gasteiger partial charge in [0.1, 0.15) is 0 Å². The monoisotopic (exact) mass is 264 g/mol. The number of aliphatic hydroxyl groups excluding tert-OH is 1. The van der Waals surface area contributed by atoms with Gasteiger partial charge in [0.05, 0.1) is 12.5 Å². The summed E-state index contributed by atoms with van der Waals surface area (Å²) in [5.74, 6) is 0.0520. The number of carbonyl (C=O) groups excluding carboxylic acids is 1. The van der Waals surface area contributed by atoms with Crippen molar-refractivity contribution >= 4 is 28.4 Å². The quantitative estimate of drug-likeness (QED) is 0.865. The third-order valence-corrected chi connectivity index (χ3v) is 3.52. The summed E-state index contributed by atoms with van der Waals surface area (Å²) in [6, 6.07) is 5.58. The highest BCUT2D eigenvalue weighted by molar-refractivity contribution is 6.31. The minimum absolute atomic E-state index is 0.0520. The number of amides is 1. The number of rotatable bonds is 2. The van der Waals surface area contributed by atoms with Crippen LogP contribution in [0.4, 0.5) is 0 Å². The van der Waals surface area contributed by atoms with Gasteiger partial charge >= 0.3 is 0 Å². The number of nitrogens with one attached hydrogen (secondary N) is 1. The Kier molecular flexibility index (Phi) is 2.76. The van der Waals surface area contributed by atoms with Gasteiger partial charge in [-0.2, -0.15) is 0 Å². The molecule has 4 nitrogen and oxygen atoms in total. The molecule has 94 valence electrons. The number of nitrogens with zero attached hydrogens (tertiary/aromatic N) is 1. The van der Waals surface area contributed by atoms with Crippen molar-refractivity contribution in [2.75, 3.05) is 13.1 Å². The maximum absolute atomic E-state index is 11.9. The van der Waals surface area contributed by atoms with Crippen LogP contribution in [0.2, 0.25) is 5.02 Å². The summed E-state index contributed by atoms with van der Waals surface area (Å²) < 4.78 is 0. The highest BCUT2D eigenvalue weighted by Gasteiger charge is 2.28. The highest BCUT2D eigenvalue weighted by atomic mass is 35.5. The molecule has 0 saturated carbocycles. The normalized spacial score (nSPS) is 16.0. The van der Waals surface area contributed by atoms with Crippen LogP contribution in [-0.2, 0) is 11.2 Å². The van der Waals surface area contributed by atoms with E-state index in [-0.39, 0.29) is 12.0 Å². The lowest BCUT2D eigenvalue weighted by Gasteiger charge is -2.35. The molecule has 0 unspecified atom stereocenters. The Morgan fingerprint density at radius 1 is 1.50 bits per heavy atom. The van der Waals surface area contributed by atoms with E-state index in [0.29, 0.717) is 24.5 Å². The second kappa shape index (κ2) is 4.30. The number of aromatic nitrogens is 1. The van der Waals surface area contributed by atoms with Crippen molar-refractivity contribution in [3.05, 3.63) is 35.0 Å². The number of fused-ring (bicyclic) bond motifs is 1. The van der Waals surface area contributed by atoms with Crippen molar-refractivity contribution in [2.45, 2.75) is 12.5 Å². The molecule has 1 fully saturated rings. The number of aromatic amines is 1. The van der Waals surface area contributed by atoms with Gasteiger partial charge in [-0.05, 0) is 17.7 Å². The van der Waals surface area contributed by atoms with E-state index in [1.807, 2.05) is 24.4 Å². The molecule has 1 saturated heterocycles. The lowest BCUT2D eigenvalue weighted by atomic mass is 10.1. The SMILES string of the molecule is O=C(Cc1c[nH]c2cc(Cl)ccc12)N1CC(O)C1. The summed E-state index contributed by atoms with van der Waals surface area (Å²) in [5, 5.41) is 10.9. The topological polar surface area (TPSA) is 56.3 Å². The number of carbonyl (C=O) groups is 1. The van der Waals surface area contributed by atoms with Crippen molar-refractivity contribution in [3.8, 4) is 0 Å². The van der Waals surface area contributed by atoms with E-state index >= 15 is 0 Å². The number of hydrogen-bond acceptors (Lipinski definition) is 2. The fraction of sp³-hybridized carbons (Fsp3) is 0.308. The standard InChI is InChI=1S/C13H13ClN2O2/c14-9-1-2-11-8(5-15-12(11)4-9)3-13(18)16-6-10(17)7-16/h1-2,4-5,10,15,17H,3,6-7H2. The molecule has 18 heavy (non-hydrogen) atoms. The minimum Gasteiger partial charge on any atom is -0.389 e. The fourth-order valence-corrected chi connectivity index (χ4v) is 2.41. The number of aliphatic hydroxyl groups is 1. The second-order valence-corrected chi connectivity index (χ2v) is 5.07. The van der Waals surface area contributed by atoms with Crippen molar-refractivity contribution in [1.82, 2.24) is 9.88 Å². The summed E-state index contributed by atoms with van der Waals surface area (Å²) in [5.41, 5.74) is 1.90. The van der Waals surface area contributed by atoms with E-state index in [0.717, 1.165) is 16.5 Å². The Bertz CT molecular complexity index is 602. The van der Waals surface area contributed by atoms with Crippen molar-refractivity contribution in [1.29, 1.82) is 0 Å². The van der Waals surface area contributed by atoms with E-state index < -0.39 is 0 Å². The Hall–Kier alpha value is -1.52. The first-order valence-corrected chi connectivity index (χ1v) is 6.22. The van der Waals surface area contributed by atoms with Crippen molar-refractivity contribution < 1.29 is 9.90 Å². The van der Waals surface area contributed by atoms with Crippen LogP contribution in [0.15, 0.2) is 24.4 Å². The molecule has 0 aliphatic carbocycles. The number of likely N-dealkylation sites (tertiary alicyclic amines) is 1. The summed E-state index contributed by atoms with van der Waals surface area (Å²) in [6.07, 6.45) is 1.85. The molecular weight excluding hydrogens is 252 g/mol. The molecule has 1 aliphatic rings. The Labute approximate surface area is 109 Å². The van der Waals surface area contributed by atoms with Crippen LogP contribution >= 0.6 is 11.6 Å². The molecule has 1 amide bonds. The molecule has 2 aromatic rings. The average molecular weight is 265 g/mol. The van der Waals surface area contributed by atoms with Crippen LogP contribution in [0.1, 0.15) is 5.56 Å². The Morgan fingerprint density at radius 3 is 3.00 bits per heavy atom. The van der Waals surface area contributed by atoms with Gasteiger partial charge < -0.3 is 15.0 Å². The zero-order chi connectivity index (χ0) is 12.7. The van der Waals surface area contributed by atoms with Gasteiger partial charge in [0.2, 0.25) is 5.91 Å². The molecule has 0 spiro atoms. The number of H-pyrrole nitrogens is 1. The number of benzene rings is 1. The largest absolute Gasteiger partial charge is 0.389 e. The lowest BCUT2D eigenvalue weighted by molar-refractivity contribution is -0.140. The van der Waals surface area contributed by atoms with Gasteiger partial charge in [-0.25, -0.2) is 0 Å². The van der Waals surface area contributed by atoms with E-state index in [1.54, 1.807) is 4.90 Å². The van der Waals surface area contributed by atoms with Gasteiger partial charge in [-0.3, -0.25) is 4.79 Å². The van der Waals surface area contributed by atoms with Crippen LogP contribution in [0.5, 0.6) is 0 Å². The van der Waals surface area contributed by atoms with Gasteiger partial charge in [-0.1, -0.05) is 17.7 Å². The second-order valence-electron chi connectivity index (χ2n) is 4.63. The predicted octanol–water partition coefficient (Wildman–Crippen LogP) is 1.57. The molecule has 0 atom stereocenters. The van der Waals surface area contributed by atoms with Crippen molar-refractivity contribution in [2.24, 2.45) is 0 Å². The first-order chi connectivity index (χ1) is 8.63. The predicted molar refractivity (Wildman–Crippen MR) is 69.6 cm³/mol. The van der Waals surface area contributed by atoms with Crippen LogP contribution in [-0.4, -0.2) is 40.1 Å². The van der Waals surface area contributed by atoms with Gasteiger partial charge in [0.25, 0.3) is 0 Å².